The molecule has 2 rings (SSSR count). The number of carbonyl (C=O) groups excluding carboxylic acids is 1. The first kappa shape index (κ1) is 15.3. The van der Waals surface area contributed by atoms with Gasteiger partial charge in [-0.25, -0.2) is 0 Å². The van der Waals surface area contributed by atoms with Crippen LogP contribution in [0.1, 0.15) is 22.5 Å². The second kappa shape index (κ2) is 6.39. The molecule has 0 spiro atoms. The Hall–Kier alpha value is -0.803. The molecule has 0 radical (unpaired) electrons. The second-order valence-electron chi connectivity index (χ2n) is 4.35. The van der Waals surface area contributed by atoms with Crippen LogP contribution < -0.4 is 24.0 Å². The minimum atomic E-state index is -1.22. The normalized spacial score (nSPS) is 19.8. The number of hydrogen-bond acceptors (Lipinski definition) is 5. The van der Waals surface area contributed by atoms with E-state index in [1.54, 1.807) is 20.4 Å². The van der Waals surface area contributed by atoms with Crippen LogP contribution in [0.2, 0.25) is 0 Å². The van der Waals surface area contributed by atoms with E-state index in [9.17, 15) is 9.90 Å². The summed E-state index contributed by atoms with van der Waals surface area (Å²) in [5.41, 5.74) is 0.734. The van der Waals surface area contributed by atoms with Crippen LogP contribution in [0.5, 0.6) is 0 Å². The van der Waals surface area contributed by atoms with Crippen LogP contribution in [0.15, 0.2) is 6.20 Å². The number of rotatable bonds is 4. The van der Waals surface area contributed by atoms with E-state index in [0.717, 1.165) is 19.5 Å². The van der Waals surface area contributed by atoms with E-state index in [2.05, 4.69) is 10.00 Å². The molecule has 94 valence electrons. The summed E-state index contributed by atoms with van der Waals surface area (Å²) < 4.78 is 6.78. The molecule has 7 heteroatoms. The number of nitrogens with zero attached hydrogens (tertiary/aromatic N) is 3. The Morgan fingerprint density at radius 2 is 2.39 bits per heavy atom. The number of ether oxygens (including phenoxy) is 1. The number of aryl methyl sites for hydroxylation is 1. The van der Waals surface area contributed by atoms with Crippen molar-refractivity contribution in [2.24, 2.45) is 7.05 Å². The number of aromatic nitrogens is 2. The summed E-state index contributed by atoms with van der Waals surface area (Å²) >= 11 is 0. The number of carboxylic acids is 1. The smallest absolute Gasteiger partial charge is 0.543 e. The number of likely N-dealkylation sites (tertiary alicyclic amines) is 1. The van der Waals surface area contributed by atoms with Crippen molar-refractivity contribution in [3.05, 3.63) is 17.5 Å². The van der Waals surface area contributed by atoms with Crippen LogP contribution in [-0.4, -0.2) is 47.0 Å². The first-order chi connectivity index (χ1) is 8.10. The zero-order valence-corrected chi connectivity index (χ0v) is 11.0. The number of carboxylic acid groups (broad SMARTS) is 1. The van der Waals surface area contributed by atoms with Gasteiger partial charge in [-0.3, -0.25) is 9.58 Å². The van der Waals surface area contributed by atoms with Crippen molar-refractivity contribution in [1.29, 1.82) is 0 Å². The van der Waals surface area contributed by atoms with Crippen molar-refractivity contribution in [2.45, 2.75) is 19.1 Å². The minimum absolute atomic E-state index is 0. The van der Waals surface area contributed by atoms with Gasteiger partial charge in [-0.15, -0.1) is 0 Å². The summed E-state index contributed by atoms with van der Waals surface area (Å²) in [5.74, 6) is -1.22. The molecule has 1 atom stereocenters. The molecule has 1 saturated heterocycles. The molecule has 0 amide bonds. The molecule has 1 aromatic rings. The number of aromatic carboxylic acids is 1. The van der Waals surface area contributed by atoms with E-state index < -0.39 is 5.97 Å². The summed E-state index contributed by atoms with van der Waals surface area (Å²) in [6, 6.07) is 0. The van der Waals surface area contributed by atoms with Gasteiger partial charge < -0.3 is 14.6 Å². The molecule has 1 unspecified atom stereocenters. The Kier molecular flexibility index (Phi) is 5.42. The Morgan fingerprint density at radius 3 is 2.94 bits per heavy atom. The van der Waals surface area contributed by atoms with E-state index in [4.69, 9.17) is 4.74 Å². The second-order valence-corrected chi connectivity index (χ2v) is 4.35. The maximum absolute atomic E-state index is 10.9. The van der Waals surface area contributed by atoms with Crippen LogP contribution >= 0.6 is 0 Å². The van der Waals surface area contributed by atoms with E-state index in [0.29, 0.717) is 12.1 Å². The molecule has 0 saturated carbocycles. The third-order valence-corrected chi connectivity index (χ3v) is 3.05. The summed E-state index contributed by atoms with van der Waals surface area (Å²) in [4.78, 5) is 13.1. The average Bonchev–Trinajstić information content (AvgIpc) is 2.85. The molecule has 0 aromatic carbocycles. The molecule has 1 aromatic heterocycles. The number of carbonyl (C=O) groups is 1. The summed E-state index contributed by atoms with van der Waals surface area (Å²) in [7, 11) is 3.41. The fourth-order valence-electron chi connectivity index (χ4n) is 2.20. The van der Waals surface area contributed by atoms with E-state index in [-0.39, 0.29) is 30.7 Å². The van der Waals surface area contributed by atoms with Crippen molar-refractivity contribution in [3.63, 3.8) is 0 Å². The Labute approximate surface area is 118 Å². The molecular formula is C11H16LiN3O3. The molecule has 6 nitrogen and oxygen atoms in total. The predicted molar refractivity (Wildman–Crippen MR) is 58.2 cm³/mol. The van der Waals surface area contributed by atoms with E-state index in [1.165, 1.54) is 4.68 Å². The topological polar surface area (TPSA) is 70.4 Å². The first-order valence-electron chi connectivity index (χ1n) is 5.59. The molecule has 1 aliphatic rings. The van der Waals surface area contributed by atoms with Gasteiger partial charge in [-0.2, -0.15) is 5.10 Å². The van der Waals surface area contributed by atoms with Gasteiger partial charge in [0.2, 0.25) is 0 Å². The zero-order valence-electron chi connectivity index (χ0n) is 11.0. The SMILES string of the molecule is COC1CCN(Cc2cn(C)nc2C(=O)[O-])C1.[Li+]. The Morgan fingerprint density at radius 1 is 1.67 bits per heavy atom. The van der Waals surface area contributed by atoms with Gasteiger partial charge in [0, 0.05) is 45.6 Å². The predicted octanol–water partition coefficient (Wildman–Crippen LogP) is -3.99. The molecule has 0 N–H and O–H groups in total. The maximum atomic E-state index is 10.9. The third kappa shape index (κ3) is 3.36. The van der Waals surface area contributed by atoms with Crippen LogP contribution in [-0.2, 0) is 18.3 Å². The largest absolute Gasteiger partial charge is 1.00 e. The van der Waals surface area contributed by atoms with Gasteiger partial charge >= 0.3 is 18.9 Å². The van der Waals surface area contributed by atoms with Gasteiger partial charge in [-0.05, 0) is 6.42 Å². The maximum Gasteiger partial charge on any atom is 1.00 e. The molecule has 1 aliphatic heterocycles. The van der Waals surface area contributed by atoms with Crippen LogP contribution in [0, 0.1) is 0 Å². The quantitative estimate of drug-likeness (QED) is 0.506. The summed E-state index contributed by atoms with van der Waals surface area (Å²) in [6.45, 7) is 2.33. The van der Waals surface area contributed by atoms with E-state index >= 15 is 0 Å². The van der Waals surface area contributed by atoms with Gasteiger partial charge in [0.1, 0.15) is 5.69 Å². The summed E-state index contributed by atoms with van der Waals surface area (Å²) in [6.07, 6.45) is 2.96. The molecule has 1 fully saturated rings. The molecule has 0 bridgehead atoms. The van der Waals surface area contributed by atoms with Crippen molar-refractivity contribution in [1.82, 2.24) is 14.7 Å². The Balaban J connectivity index is 0.00000162. The average molecular weight is 245 g/mol. The Bertz CT molecular complexity index is 422. The van der Waals surface area contributed by atoms with E-state index in [1.807, 2.05) is 0 Å². The van der Waals surface area contributed by atoms with Crippen LogP contribution in [0.25, 0.3) is 0 Å². The van der Waals surface area contributed by atoms with Crippen molar-refractivity contribution < 1.29 is 33.5 Å². The van der Waals surface area contributed by atoms with Gasteiger partial charge in [0.15, 0.2) is 0 Å². The fourth-order valence-corrected chi connectivity index (χ4v) is 2.20. The van der Waals surface area contributed by atoms with Crippen molar-refractivity contribution in [3.8, 4) is 0 Å². The molecule has 2 heterocycles. The standard InChI is InChI=1S/C11H17N3O3.Li/c1-13-5-8(10(12-13)11(15)16)6-14-4-3-9(7-14)17-2;/h5,9H,3-4,6-7H2,1-2H3,(H,15,16);/q;+1/p-1. The number of methoxy groups -OCH3 is 1. The first-order valence-corrected chi connectivity index (χ1v) is 5.59. The van der Waals surface area contributed by atoms with Crippen molar-refractivity contribution >= 4 is 5.97 Å². The van der Waals surface area contributed by atoms with Crippen LogP contribution in [0.3, 0.4) is 0 Å². The van der Waals surface area contributed by atoms with Gasteiger partial charge in [0.05, 0.1) is 12.1 Å². The van der Waals surface area contributed by atoms with Gasteiger partial charge in [0.25, 0.3) is 0 Å². The van der Waals surface area contributed by atoms with Gasteiger partial charge in [-0.1, -0.05) is 0 Å². The monoisotopic (exact) mass is 245 g/mol. The molecule has 0 aliphatic carbocycles. The van der Waals surface area contributed by atoms with Crippen LogP contribution in [0.4, 0.5) is 0 Å². The van der Waals surface area contributed by atoms with Crippen molar-refractivity contribution in [2.75, 3.05) is 20.2 Å². The molecular weight excluding hydrogens is 229 g/mol. The zero-order chi connectivity index (χ0) is 12.4. The minimum Gasteiger partial charge on any atom is -0.543 e. The number of hydrogen-bond donors (Lipinski definition) is 0. The fraction of sp³-hybridized carbons (Fsp3) is 0.636. The molecule has 18 heavy (non-hydrogen) atoms. The third-order valence-electron chi connectivity index (χ3n) is 3.05. The summed E-state index contributed by atoms with van der Waals surface area (Å²) in [5, 5.41) is 14.8.